The number of hydrogen-bond acceptors (Lipinski definition) is 5. The van der Waals surface area contributed by atoms with Gasteiger partial charge in [-0.25, -0.2) is 18.4 Å². The summed E-state index contributed by atoms with van der Waals surface area (Å²) in [6.45, 7) is 3.90. The van der Waals surface area contributed by atoms with E-state index < -0.39 is 16.0 Å². The lowest BCUT2D eigenvalue weighted by molar-refractivity contribution is -0.117. The molecule has 126 valence electrons. The number of methoxy groups -OCH3 is 1. The lowest BCUT2D eigenvalue weighted by Crippen LogP contribution is -2.28. The maximum Gasteiger partial charge on any atom is 0.337 e. The Morgan fingerprint density at radius 2 is 1.91 bits per heavy atom. The van der Waals surface area contributed by atoms with Gasteiger partial charge in [-0.15, -0.1) is 0 Å². The third-order valence-electron chi connectivity index (χ3n) is 3.86. The summed E-state index contributed by atoms with van der Waals surface area (Å²) >= 11 is 0. The van der Waals surface area contributed by atoms with Crippen LogP contribution in [0, 0.1) is 19.8 Å². The number of esters is 1. The molecule has 1 aliphatic heterocycles. The van der Waals surface area contributed by atoms with E-state index in [4.69, 9.17) is 9.88 Å². The van der Waals surface area contributed by atoms with E-state index in [0.717, 1.165) is 11.1 Å². The first-order valence-corrected chi connectivity index (χ1v) is 8.84. The quantitative estimate of drug-likeness (QED) is 0.813. The van der Waals surface area contributed by atoms with Crippen molar-refractivity contribution >= 4 is 27.6 Å². The summed E-state index contributed by atoms with van der Waals surface area (Å²) in [6, 6.07) is 3.32. The van der Waals surface area contributed by atoms with Crippen LogP contribution in [0.15, 0.2) is 12.1 Å². The summed E-state index contributed by atoms with van der Waals surface area (Å²) in [5, 5.41) is 5.06. The van der Waals surface area contributed by atoms with Crippen LogP contribution in [0.5, 0.6) is 0 Å². The highest BCUT2D eigenvalue weighted by atomic mass is 32.2. The van der Waals surface area contributed by atoms with Crippen molar-refractivity contribution in [1.82, 2.24) is 0 Å². The Hall–Kier alpha value is -1.93. The average molecular weight is 340 g/mol. The van der Waals surface area contributed by atoms with Crippen LogP contribution in [0.4, 0.5) is 5.69 Å². The van der Waals surface area contributed by atoms with Crippen LogP contribution in [0.1, 0.15) is 27.9 Å². The van der Waals surface area contributed by atoms with E-state index in [1.54, 1.807) is 30.9 Å². The molecule has 1 unspecified atom stereocenters. The van der Waals surface area contributed by atoms with E-state index in [-0.39, 0.29) is 24.0 Å². The SMILES string of the molecule is COC(=O)c1cc(C)c(N2CC(CS(N)(=O)=O)CC2=O)c(C)c1. The maximum absolute atomic E-state index is 12.2. The van der Waals surface area contributed by atoms with Gasteiger partial charge in [0.05, 0.1) is 18.4 Å². The molecule has 0 aromatic heterocycles. The van der Waals surface area contributed by atoms with Crippen molar-refractivity contribution in [2.75, 3.05) is 24.3 Å². The number of benzene rings is 1. The van der Waals surface area contributed by atoms with Crippen molar-refractivity contribution in [3.63, 3.8) is 0 Å². The summed E-state index contributed by atoms with van der Waals surface area (Å²) in [5.74, 6) is -1.12. The molecule has 1 fully saturated rings. The number of nitrogens with zero attached hydrogens (tertiary/aromatic N) is 1. The number of carbonyl (C=O) groups excluding carboxylic acids is 2. The van der Waals surface area contributed by atoms with E-state index in [1.807, 2.05) is 0 Å². The topological polar surface area (TPSA) is 107 Å². The summed E-state index contributed by atoms with van der Waals surface area (Å²) < 4.78 is 27.1. The van der Waals surface area contributed by atoms with Crippen LogP contribution in [-0.4, -0.2) is 39.7 Å². The first-order valence-electron chi connectivity index (χ1n) is 7.12. The van der Waals surface area contributed by atoms with Crippen molar-refractivity contribution in [2.24, 2.45) is 11.1 Å². The molecule has 23 heavy (non-hydrogen) atoms. The fraction of sp³-hybridized carbons (Fsp3) is 0.467. The van der Waals surface area contributed by atoms with Gasteiger partial charge in [0.2, 0.25) is 15.9 Å². The molecule has 8 heteroatoms. The number of nitrogens with two attached hydrogens (primary N) is 1. The highest BCUT2D eigenvalue weighted by molar-refractivity contribution is 7.89. The van der Waals surface area contributed by atoms with Gasteiger partial charge in [-0.3, -0.25) is 4.79 Å². The molecular formula is C15H20N2O5S. The first kappa shape index (κ1) is 17.4. The van der Waals surface area contributed by atoms with Crippen molar-refractivity contribution in [3.05, 3.63) is 28.8 Å². The third-order valence-corrected chi connectivity index (χ3v) is 4.79. The van der Waals surface area contributed by atoms with Crippen LogP contribution in [0.25, 0.3) is 0 Å². The van der Waals surface area contributed by atoms with Gasteiger partial charge >= 0.3 is 5.97 Å². The molecule has 0 aliphatic carbocycles. The summed E-state index contributed by atoms with van der Waals surface area (Å²) in [5.41, 5.74) is 2.64. The predicted octanol–water partition coefficient (Wildman–Crippen LogP) is 0.731. The fourth-order valence-corrected chi connectivity index (χ4v) is 3.94. The van der Waals surface area contributed by atoms with Gasteiger partial charge < -0.3 is 9.64 Å². The Balaban J connectivity index is 2.32. The zero-order valence-electron chi connectivity index (χ0n) is 13.3. The van der Waals surface area contributed by atoms with Crippen LogP contribution in [0.3, 0.4) is 0 Å². The molecule has 1 heterocycles. The Bertz CT molecular complexity index is 734. The van der Waals surface area contributed by atoms with Gasteiger partial charge in [0.15, 0.2) is 0 Å². The predicted molar refractivity (Wildman–Crippen MR) is 85.7 cm³/mol. The van der Waals surface area contributed by atoms with E-state index in [9.17, 15) is 18.0 Å². The number of anilines is 1. The average Bonchev–Trinajstić information content (AvgIpc) is 2.75. The molecule has 1 aromatic rings. The number of primary sulfonamides is 1. The van der Waals surface area contributed by atoms with Crippen LogP contribution < -0.4 is 10.0 Å². The van der Waals surface area contributed by atoms with Gasteiger partial charge in [-0.2, -0.15) is 0 Å². The number of hydrogen-bond donors (Lipinski definition) is 1. The summed E-state index contributed by atoms with van der Waals surface area (Å²) in [4.78, 5) is 25.5. The molecule has 2 N–H and O–H groups in total. The molecule has 0 radical (unpaired) electrons. The molecule has 0 bridgehead atoms. The Labute approximate surface area is 135 Å². The van der Waals surface area contributed by atoms with Crippen molar-refractivity contribution in [3.8, 4) is 0 Å². The second-order valence-corrected chi connectivity index (χ2v) is 7.51. The molecule has 1 saturated heterocycles. The number of ether oxygens (including phenoxy) is 1. The minimum atomic E-state index is -3.62. The van der Waals surface area contributed by atoms with Gasteiger partial charge in [0.25, 0.3) is 0 Å². The lowest BCUT2D eigenvalue weighted by atomic mass is 10.0. The van der Waals surface area contributed by atoms with Crippen molar-refractivity contribution in [2.45, 2.75) is 20.3 Å². The monoisotopic (exact) mass is 340 g/mol. The van der Waals surface area contributed by atoms with Gasteiger partial charge in [-0.05, 0) is 37.1 Å². The normalized spacial score (nSPS) is 18.3. The smallest absolute Gasteiger partial charge is 0.337 e. The van der Waals surface area contributed by atoms with Gasteiger partial charge in [-0.1, -0.05) is 0 Å². The number of amides is 1. The Kier molecular flexibility index (Phi) is 4.76. The van der Waals surface area contributed by atoms with Crippen LogP contribution in [-0.2, 0) is 19.6 Å². The Morgan fingerprint density at radius 3 is 2.39 bits per heavy atom. The minimum Gasteiger partial charge on any atom is -0.465 e. The highest BCUT2D eigenvalue weighted by Gasteiger charge is 2.34. The molecule has 1 atom stereocenters. The molecular weight excluding hydrogens is 320 g/mol. The highest BCUT2D eigenvalue weighted by Crippen LogP contribution is 2.32. The standard InChI is InChI=1S/C15H20N2O5S/c1-9-4-12(15(19)22-3)5-10(2)14(9)17-7-11(6-13(17)18)8-23(16,20)21/h4-5,11H,6-8H2,1-3H3,(H2,16,20,21). The second kappa shape index (κ2) is 6.29. The molecule has 0 saturated carbocycles. The Morgan fingerprint density at radius 1 is 1.35 bits per heavy atom. The summed E-state index contributed by atoms with van der Waals surface area (Å²) in [7, 11) is -2.31. The molecule has 0 spiro atoms. The minimum absolute atomic E-state index is 0.143. The molecule has 2 rings (SSSR count). The fourth-order valence-electron chi connectivity index (χ4n) is 3.06. The number of carbonyl (C=O) groups is 2. The van der Waals surface area contributed by atoms with Crippen molar-refractivity contribution in [1.29, 1.82) is 0 Å². The molecule has 7 nitrogen and oxygen atoms in total. The van der Waals surface area contributed by atoms with Crippen molar-refractivity contribution < 1.29 is 22.7 Å². The molecule has 1 aliphatic rings. The zero-order chi connectivity index (χ0) is 17.4. The van der Waals surface area contributed by atoms with Crippen LogP contribution >= 0.6 is 0 Å². The lowest BCUT2D eigenvalue weighted by Gasteiger charge is -2.22. The largest absolute Gasteiger partial charge is 0.465 e. The molecule has 1 aromatic carbocycles. The maximum atomic E-state index is 12.2. The van der Waals surface area contributed by atoms with E-state index >= 15 is 0 Å². The number of sulfonamides is 1. The van der Waals surface area contributed by atoms with E-state index in [2.05, 4.69) is 0 Å². The first-order chi connectivity index (χ1) is 10.6. The number of aryl methyl sites for hydroxylation is 2. The van der Waals surface area contributed by atoms with Crippen LogP contribution in [0.2, 0.25) is 0 Å². The number of rotatable bonds is 4. The summed E-state index contributed by atoms with van der Waals surface area (Å²) in [6.07, 6.45) is 0.147. The van der Waals surface area contributed by atoms with E-state index in [0.29, 0.717) is 17.8 Å². The second-order valence-electron chi connectivity index (χ2n) is 5.85. The van der Waals surface area contributed by atoms with Gasteiger partial charge in [0, 0.05) is 24.6 Å². The third kappa shape index (κ3) is 3.89. The van der Waals surface area contributed by atoms with Gasteiger partial charge in [0.1, 0.15) is 0 Å². The molecule has 1 amide bonds. The van der Waals surface area contributed by atoms with E-state index in [1.165, 1.54) is 7.11 Å². The zero-order valence-corrected chi connectivity index (χ0v) is 14.1.